The van der Waals surface area contributed by atoms with Gasteiger partial charge in [0.25, 0.3) is 0 Å². The minimum Gasteiger partial charge on any atom is -0.356 e. The van der Waals surface area contributed by atoms with Crippen molar-refractivity contribution < 1.29 is 0 Å². The monoisotopic (exact) mass is 524 g/mol. The molecule has 1 saturated heterocycles. The largest absolute Gasteiger partial charge is 0.356 e. The van der Waals surface area contributed by atoms with E-state index in [0.717, 1.165) is 30.7 Å². The molecule has 0 radical (unpaired) electrons. The van der Waals surface area contributed by atoms with Gasteiger partial charge in [0.1, 0.15) is 0 Å². The van der Waals surface area contributed by atoms with E-state index in [-0.39, 0.29) is 24.0 Å². The highest BCUT2D eigenvalue weighted by atomic mass is 127. The van der Waals surface area contributed by atoms with Crippen molar-refractivity contribution in [2.45, 2.75) is 33.2 Å². The Morgan fingerprint density at radius 2 is 2.07 bits per heavy atom. The van der Waals surface area contributed by atoms with Gasteiger partial charge in [-0.05, 0) is 43.4 Å². The highest BCUT2D eigenvalue weighted by Crippen LogP contribution is 2.17. The number of aromatic nitrogens is 2. The zero-order valence-electron chi connectivity index (χ0n) is 18.8. The van der Waals surface area contributed by atoms with E-state index < -0.39 is 0 Å². The van der Waals surface area contributed by atoms with Crippen LogP contribution >= 0.6 is 24.0 Å². The standard InChI is InChI=1S/C23H36N6.HI/c1-19(2)15-28-12-8-9-20(17-28)13-25-23(24-3)27(4)16-21-14-26-29(18-21)22-10-6-5-7-11-22;/h5-7,10-11,14,18-20H,8-9,12-13,15-17H2,1-4H3,(H,24,25);1H. The number of hydrogen-bond donors (Lipinski definition) is 1. The van der Waals surface area contributed by atoms with Crippen LogP contribution in [0.15, 0.2) is 47.7 Å². The van der Waals surface area contributed by atoms with E-state index in [1.54, 1.807) is 0 Å². The van der Waals surface area contributed by atoms with Crippen molar-refractivity contribution in [3.8, 4) is 5.69 Å². The van der Waals surface area contributed by atoms with Crippen LogP contribution in [0.2, 0.25) is 0 Å². The molecule has 7 heteroatoms. The van der Waals surface area contributed by atoms with Crippen molar-refractivity contribution in [2.75, 3.05) is 40.3 Å². The fourth-order valence-corrected chi connectivity index (χ4v) is 4.13. The van der Waals surface area contributed by atoms with Crippen molar-refractivity contribution in [1.82, 2.24) is 24.9 Å². The van der Waals surface area contributed by atoms with E-state index in [2.05, 4.69) is 64.4 Å². The number of piperidine rings is 1. The number of halogens is 1. The van der Waals surface area contributed by atoms with Crippen molar-refractivity contribution >= 4 is 29.9 Å². The van der Waals surface area contributed by atoms with E-state index >= 15 is 0 Å². The summed E-state index contributed by atoms with van der Waals surface area (Å²) in [6.45, 7) is 10.0. The quantitative estimate of drug-likeness (QED) is 0.340. The molecule has 0 aliphatic carbocycles. The molecule has 1 aromatic carbocycles. The summed E-state index contributed by atoms with van der Waals surface area (Å²) in [7, 11) is 3.94. The molecule has 2 aromatic rings. The zero-order valence-corrected chi connectivity index (χ0v) is 21.1. The molecule has 1 aliphatic rings. The summed E-state index contributed by atoms with van der Waals surface area (Å²) in [5.41, 5.74) is 2.24. The lowest BCUT2D eigenvalue weighted by Crippen LogP contribution is -2.45. The first kappa shape index (κ1) is 24.7. The van der Waals surface area contributed by atoms with Gasteiger partial charge in [0, 0.05) is 52.0 Å². The van der Waals surface area contributed by atoms with Gasteiger partial charge in [0.2, 0.25) is 0 Å². The van der Waals surface area contributed by atoms with Crippen LogP contribution in [-0.4, -0.2) is 65.8 Å². The topological polar surface area (TPSA) is 48.7 Å². The second-order valence-electron chi connectivity index (χ2n) is 8.57. The average molecular weight is 524 g/mol. The summed E-state index contributed by atoms with van der Waals surface area (Å²) in [6, 6.07) is 10.2. The van der Waals surface area contributed by atoms with Gasteiger partial charge >= 0.3 is 0 Å². The molecule has 0 bridgehead atoms. The Balaban J connectivity index is 0.00000320. The molecule has 6 nitrogen and oxygen atoms in total. The number of benzene rings is 1. The smallest absolute Gasteiger partial charge is 0.193 e. The molecule has 30 heavy (non-hydrogen) atoms. The minimum absolute atomic E-state index is 0. The first-order valence-electron chi connectivity index (χ1n) is 10.8. The molecule has 166 valence electrons. The van der Waals surface area contributed by atoms with Gasteiger partial charge in [-0.15, -0.1) is 24.0 Å². The van der Waals surface area contributed by atoms with Crippen LogP contribution in [0.3, 0.4) is 0 Å². The molecule has 3 rings (SSSR count). The van der Waals surface area contributed by atoms with Crippen LogP contribution < -0.4 is 5.32 Å². The van der Waals surface area contributed by atoms with Crippen molar-refractivity contribution in [2.24, 2.45) is 16.8 Å². The van der Waals surface area contributed by atoms with Crippen LogP contribution in [0, 0.1) is 11.8 Å². The summed E-state index contributed by atoms with van der Waals surface area (Å²) >= 11 is 0. The Bertz CT molecular complexity index is 773. The van der Waals surface area contributed by atoms with E-state index in [9.17, 15) is 0 Å². The molecule has 1 N–H and O–H groups in total. The zero-order chi connectivity index (χ0) is 20.6. The van der Waals surface area contributed by atoms with E-state index in [1.165, 1.54) is 38.0 Å². The van der Waals surface area contributed by atoms with Gasteiger partial charge in [0.05, 0.1) is 11.9 Å². The number of hydrogen-bond acceptors (Lipinski definition) is 3. The van der Waals surface area contributed by atoms with Crippen LogP contribution in [-0.2, 0) is 6.54 Å². The fourth-order valence-electron chi connectivity index (χ4n) is 4.13. The van der Waals surface area contributed by atoms with Gasteiger partial charge in [-0.2, -0.15) is 5.10 Å². The Hall–Kier alpha value is -1.61. The SMILES string of the molecule is CN=C(NCC1CCCN(CC(C)C)C1)N(C)Cc1cnn(-c2ccccc2)c1.I. The molecular formula is C23H37IN6. The maximum absolute atomic E-state index is 4.50. The lowest BCUT2D eigenvalue weighted by Gasteiger charge is -2.34. The second-order valence-corrected chi connectivity index (χ2v) is 8.57. The van der Waals surface area contributed by atoms with Gasteiger partial charge in [-0.1, -0.05) is 32.0 Å². The Morgan fingerprint density at radius 1 is 1.30 bits per heavy atom. The molecule has 1 aliphatic heterocycles. The van der Waals surface area contributed by atoms with Crippen LogP contribution in [0.25, 0.3) is 5.69 Å². The number of rotatable bonds is 7. The average Bonchev–Trinajstić information content (AvgIpc) is 3.17. The highest BCUT2D eigenvalue weighted by Gasteiger charge is 2.21. The molecule has 1 aromatic heterocycles. The normalized spacial score (nSPS) is 17.6. The van der Waals surface area contributed by atoms with Gasteiger partial charge in [0.15, 0.2) is 5.96 Å². The molecular weight excluding hydrogens is 487 g/mol. The number of guanidine groups is 1. The summed E-state index contributed by atoms with van der Waals surface area (Å²) < 4.78 is 1.92. The lowest BCUT2D eigenvalue weighted by molar-refractivity contribution is 0.159. The van der Waals surface area contributed by atoms with Crippen LogP contribution in [0.4, 0.5) is 0 Å². The minimum atomic E-state index is 0. The van der Waals surface area contributed by atoms with Gasteiger partial charge in [-0.3, -0.25) is 4.99 Å². The third-order valence-electron chi connectivity index (χ3n) is 5.43. The summed E-state index contributed by atoms with van der Waals surface area (Å²) in [4.78, 5) is 9.28. The van der Waals surface area contributed by atoms with E-state index in [4.69, 9.17) is 0 Å². The Morgan fingerprint density at radius 3 is 2.77 bits per heavy atom. The number of aliphatic imine (C=N–C) groups is 1. The molecule has 1 fully saturated rings. The molecule has 0 spiro atoms. The van der Waals surface area contributed by atoms with E-state index in [1.807, 2.05) is 36.1 Å². The maximum atomic E-state index is 4.50. The van der Waals surface area contributed by atoms with Gasteiger partial charge < -0.3 is 15.1 Å². The third-order valence-corrected chi connectivity index (χ3v) is 5.43. The first-order chi connectivity index (χ1) is 14.0. The predicted molar refractivity (Wildman–Crippen MR) is 136 cm³/mol. The second kappa shape index (κ2) is 12.3. The number of nitrogens with one attached hydrogen (secondary N) is 1. The molecule has 0 saturated carbocycles. The first-order valence-corrected chi connectivity index (χ1v) is 10.8. The van der Waals surface area contributed by atoms with Crippen molar-refractivity contribution in [3.63, 3.8) is 0 Å². The molecule has 1 atom stereocenters. The number of likely N-dealkylation sites (tertiary alicyclic amines) is 1. The summed E-state index contributed by atoms with van der Waals surface area (Å²) in [5, 5.41) is 8.09. The third kappa shape index (κ3) is 7.27. The highest BCUT2D eigenvalue weighted by molar-refractivity contribution is 14.0. The lowest BCUT2D eigenvalue weighted by atomic mass is 9.97. The maximum Gasteiger partial charge on any atom is 0.193 e. The predicted octanol–water partition coefficient (Wildman–Crippen LogP) is 3.87. The Kier molecular flexibility index (Phi) is 10.1. The van der Waals surface area contributed by atoms with Crippen LogP contribution in [0.1, 0.15) is 32.3 Å². The number of para-hydroxylation sites is 1. The van der Waals surface area contributed by atoms with Crippen molar-refractivity contribution in [1.29, 1.82) is 0 Å². The molecule has 1 unspecified atom stereocenters. The van der Waals surface area contributed by atoms with E-state index in [0.29, 0.717) is 5.92 Å². The van der Waals surface area contributed by atoms with Crippen LogP contribution in [0.5, 0.6) is 0 Å². The summed E-state index contributed by atoms with van der Waals surface area (Å²) in [5.74, 6) is 2.37. The summed E-state index contributed by atoms with van der Waals surface area (Å²) in [6.07, 6.45) is 6.62. The Labute approximate surface area is 198 Å². The molecule has 2 heterocycles. The number of nitrogens with zero attached hydrogens (tertiary/aromatic N) is 5. The van der Waals surface area contributed by atoms with Gasteiger partial charge in [-0.25, -0.2) is 4.68 Å². The molecule has 0 amide bonds. The fraction of sp³-hybridized carbons (Fsp3) is 0.565. The van der Waals surface area contributed by atoms with Crippen molar-refractivity contribution in [3.05, 3.63) is 48.3 Å².